The van der Waals surface area contributed by atoms with Crippen LogP contribution in [0.15, 0.2) is 30.6 Å². The highest BCUT2D eigenvalue weighted by atomic mass is 16.1. The van der Waals surface area contributed by atoms with Gasteiger partial charge in [-0.3, -0.25) is 4.79 Å². The molecule has 1 aromatic rings. The first-order valence-corrected chi connectivity index (χ1v) is 11.0. The normalized spacial score (nSPS) is 10.8. The molecule has 3 heteroatoms. The Balaban J connectivity index is 1.77. The molecule has 1 amide bonds. The number of nitrogens with one attached hydrogen (secondary N) is 1. The Morgan fingerprint density at radius 2 is 1.15 bits per heavy atom. The third-order valence-corrected chi connectivity index (χ3v) is 4.96. The van der Waals surface area contributed by atoms with E-state index in [1.807, 2.05) is 35.2 Å². The third kappa shape index (κ3) is 13.9. The van der Waals surface area contributed by atoms with E-state index in [9.17, 15) is 4.79 Å². The molecule has 0 radical (unpaired) electrons. The number of nitrogens with zero attached hydrogens (tertiary/aromatic N) is 1. The average molecular weight is 362 g/mol. The van der Waals surface area contributed by atoms with E-state index in [2.05, 4.69) is 12.2 Å². The Hall–Kier alpha value is -1.38. The van der Waals surface area contributed by atoms with Crippen LogP contribution in [0.2, 0.25) is 0 Å². The Morgan fingerprint density at radius 1 is 0.692 bits per heavy atom. The summed E-state index contributed by atoms with van der Waals surface area (Å²) in [5, 5.41) is 3.01. The van der Waals surface area contributed by atoms with Gasteiger partial charge in [0.25, 0.3) is 5.91 Å². The van der Waals surface area contributed by atoms with Crippen LogP contribution in [0.3, 0.4) is 0 Å². The molecular weight excluding hydrogens is 320 g/mol. The van der Waals surface area contributed by atoms with Gasteiger partial charge in [0.1, 0.15) is 0 Å². The molecule has 26 heavy (non-hydrogen) atoms. The van der Waals surface area contributed by atoms with Crippen molar-refractivity contribution >= 4 is 5.91 Å². The van der Waals surface area contributed by atoms with E-state index in [0.717, 1.165) is 13.0 Å². The summed E-state index contributed by atoms with van der Waals surface area (Å²) < 4.78 is 1.90. The summed E-state index contributed by atoms with van der Waals surface area (Å²) in [7, 11) is 0. The maximum Gasteiger partial charge on any atom is 0.285 e. The van der Waals surface area contributed by atoms with Crippen molar-refractivity contribution in [2.75, 3.05) is 6.54 Å². The molecule has 3 nitrogen and oxygen atoms in total. The minimum atomic E-state index is 0.107. The van der Waals surface area contributed by atoms with E-state index in [-0.39, 0.29) is 5.91 Å². The van der Waals surface area contributed by atoms with Crippen LogP contribution >= 0.6 is 0 Å². The van der Waals surface area contributed by atoms with E-state index in [1.165, 1.54) is 83.5 Å². The van der Waals surface area contributed by atoms with Gasteiger partial charge in [-0.25, -0.2) is 0 Å². The first-order chi connectivity index (χ1) is 12.8. The molecule has 0 saturated carbocycles. The molecule has 0 aliphatic carbocycles. The molecule has 0 aliphatic heterocycles. The summed E-state index contributed by atoms with van der Waals surface area (Å²) in [6, 6.07) is 5.85. The number of pyridine rings is 1. The van der Waals surface area contributed by atoms with Crippen LogP contribution in [-0.4, -0.2) is 12.5 Å². The summed E-state index contributed by atoms with van der Waals surface area (Å²) in [6.45, 7) is 3.50. The van der Waals surface area contributed by atoms with Gasteiger partial charge in [0, 0.05) is 18.7 Å². The standard InChI is InChI=1S/C23H40N2O/c1-2-3-4-5-6-7-8-9-10-11-12-13-14-16-19-24-23(26)22-25-20-17-15-18-21-25/h15,17-18,20-21H,2-14,16,19,22H2,1H3/p+1. The molecule has 0 atom stereocenters. The van der Waals surface area contributed by atoms with Crippen LogP contribution in [0.5, 0.6) is 0 Å². The second kappa shape index (κ2) is 17.1. The Kier molecular flexibility index (Phi) is 14.9. The lowest BCUT2D eigenvalue weighted by atomic mass is 10.0. The average Bonchev–Trinajstić information content (AvgIpc) is 2.65. The predicted octanol–water partition coefficient (Wildman–Crippen LogP) is 5.57. The number of hydrogen-bond donors (Lipinski definition) is 1. The number of carbonyl (C=O) groups is 1. The lowest BCUT2D eigenvalue weighted by molar-refractivity contribution is -0.684. The molecule has 148 valence electrons. The lowest BCUT2D eigenvalue weighted by Crippen LogP contribution is -2.42. The number of unbranched alkanes of at least 4 members (excludes halogenated alkanes) is 13. The van der Waals surface area contributed by atoms with Crippen LogP contribution in [0.4, 0.5) is 0 Å². The van der Waals surface area contributed by atoms with Crippen molar-refractivity contribution in [3.63, 3.8) is 0 Å². The molecule has 1 N–H and O–H groups in total. The summed E-state index contributed by atoms with van der Waals surface area (Å²) in [5.74, 6) is 0.107. The zero-order chi connectivity index (χ0) is 18.7. The van der Waals surface area contributed by atoms with Gasteiger partial charge in [0.15, 0.2) is 12.4 Å². The van der Waals surface area contributed by atoms with E-state index >= 15 is 0 Å². The molecule has 0 saturated heterocycles. The van der Waals surface area contributed by atoms with Gasteiger partial charge in [-0.1, -0.05) is 96.5 Å². The maximum atomic E-state index is 11.8. The molecule has 0 fully saturated rings. The Bertz CT molecular complexity index is 433. The van der Waals surface area contributed by atoms with Crippen molar-refractivity contribution in [1.29, 1.82) is 0 Å². The van der Waals surface area contributed by atoms with E-state index in [4.69, 9.17) is 0 Å². The largest absolute Gasteiger partial charge is 0.351 e. The monoisotopic (exact) mass is 361 g/mol. The predicted molar refractivity (Wildman–Crippen MR) is 110 cm³/mol. The number of hydrogen-bond acceptors (Lipinski definition) is 1. The van der Waals surface area contributed by atoms with Crippen LogP contribution in [0.1, 0.15) is 96.8 Å². The topological polar surface area (TPSA) is 33.0 Å². The molecule has 1 rings (SSSR count). The fourth-order valence-electron chi connectivity index (χ4n) is 3.31. The number of rotatable bonds is 17. The summed E-state index contributed by atoms with van der Waals surface area (Å²) in [4.78, 5) is 11.8. The summed E-state index contributed by atoms with van der Waals surface area (Å²) >= 11 is 0. The fourth-order valence-corrected chi connectivity index (χ4v) is 3.31. The van der Waals surface area contributed by atoms with Gasteiger partial charge in [-0.2, -0.15) is 4.57 Å². The van der Waals surface area contributed by atoms with Crippen LogP contribution < -0.4 is 9.88 Å². The number of aromatic nitrogens is 1. The smallest absolute Gasteiger partial charge is 0.285 e. The lowest BCUT2D eigenvalue weighted by Gasteiger charge is -2.04. The third-order valence-electron chi connectivity index (χ3n) is 4.96. The van der Waals surface area contributed by atoms with Gasteiger partial charge >= 0.3 is 0 Å². The molecule has 0 spiro atoms. The zero-order valence-electron chi connectivity index (χ0n) is 17.1. The highest BCUT2D eigenvalue weighted by Gasteiger charge is 2.06. The van der Waals surface area contributed by atoms with Crippen LogP contribution in [-0.2, 0) is 11.3 Å². The highest BCUT2D eigenvalue weighted by molar-refractivity contribution is 5.74. The van der Waals surface area contributed by atoms with Gasteiger partial charge in [-0.15, -0.1) is 0 Å². The number of amides is 1. The quantitative estimate of drug-likeness (QED) is 0.285. The first kappa shape index (κ1) is 22.7. The molecule has 1 aromatic heterocycles. The van der Waals surface area contributed by atoms with E-state index in [0.29, 0.717) is 6.54 Å². The maximum absolute atomic E-state index is 11.8. The van der Waals surface area contributed by atoms with Crippen molar-refractivity contribution in [3.8, 4) is 0 Å². The fraction of sp³-hybridized carbons (Fsp3) is 0.739. The van der Waals surface area contributed by atoms with Gasteiger partial charge in [0.05, 0.1) is 0 Å². The molecule has 0 bridgehead atoms. The Morgan fingerprint density at radius 3 is 1.65 bits per heavy atom. The van der Waals surface area contributed by atoms with Gasteiger partial charge in [0.2, 0.25) is 6.54 Å². The second-order valence-electron chi connectivity index (χ2n) is 7.49. The zero-order valence-corrected chi connectivity index (χ0v) is 17.1. The molecule has 0 aromatic carbocycles. The van der Waals surface area contributed by atoms with Crippen LogP contribution in [0.25, 0.3) is 0 Å². The SMILES string of the molecule is CCCCCCCCCCCCCCCCNC(=O)C[n+]1ccccc1. The molecule has 0 aliphatic rings. The minimum absolute atomic E-state index is 0.107. The summed E-state index contributed by atoms with van der Waals surface area (Å²) in [5.41, 5.74) is 0. The molecule has 0 unspecified atom stereocenters. The molecule has 1 heterocycles. The van der Waals surface area contributed by atoms with Crippen molar-refractivity contribution in [3.05, 3.63) is 30.6 Å². The van der Waals surface area contributed by atoms with Crippen molar-refractivity contribution in [1.82, 2.24) is 5.32 Å². The Labute approximate surface area is 161 Å². The van der Waals surface area contributed by atoms with Gasteiger partial charge < -0.3 is 5.32 Å². The van der Waals surface area contributed by atoms with E-state index < -0.39 is 0 Å². The van der Waals surface area contributed by atoms with Gasteiger partial charge in [-0.05, 0) is 6.42 Å². The summed E-state index contributed by atoms with van der Waals surface area (Å²) in [6.07, 6.45) is 23.0. The first-order valence-electron chi connectivity index (χ1n) is 11.0. The minimum Gasteiger partial charge on any atom is -0.351 e. The van der Waals surface area contributed by atoms with Crippen molar-refractivity contribution in [2.45, 2.75) is 103 Å². The van der Waals surface area contributed by atoms with Crippen LogP contribution in [0, 0.1) is 0 Å². The molecular formula is C23H41N2O+. The van der Waals surface area contributed by atoms with Crippen molar-refractivity contribution < 1.29 is 9.36 Å². The highest BCUT2D eigenvalue weighted by Crippen LogP contribution is 2.12. The second-order valence-corrected chi connectivity index (χ2v) is 7.49. The van der Waals surface area contributed by atoms with Crippen molar-refractivity contribution in [2.24, 2.45) is 0 Å². The number of carbonyl (C=O) groups excluding carboxylic acids is 1. The van der Waals surface area contributed by atoms with E-state index in [1.54, 1.807) is 0 Å².